The van der Waals surface area contributed by atoms with Crippen LogP contribution < -0.4 is 10.5 Å². The van der Waals surface area contributed by atoms with E-state index in [0.717, 1.165) is 5.56 Å². The zero-order valence-electron chi connectivity index (χ0n) is 12.1. The number of hydrogen-bond donors (Lipinski definition) is 2. The quantitative estimate of drug-likeness (QED) is 0.724. The van der Waals surface area contributed by atoms with Gasteiger partial charge in [-0.05, 0) is 17.7 Å². The van der Waals surface area contributed by atoms with E-state index in [0.29, 0.717) is 17.9 Å². The normalized spacial score (nSPS) is 11.4. The van der Waals surface area contributed by atoms with Gasteiger partial charge in [-0.3, -0.25) is 0 Å². The molecular weight excluding hydrogens is 352 g/mol. The number of aromatic nitrogens is 3. The Morgan fingerprint density at radius 3 is 2.67 bits per heavy atom. The van der Waals surface area contributed by atoms with Crippen LogP contribution in [0, 0.1) is 11.3 Å². The van der Waals surface area contributed by atoms with Gasteiger partial charge in [0, 0.05) is 12.6 Å². The summed E-state index contributed by atoms with van der Waals surface area (Å²) in [5, 5.41) is 21.5. The second-order valence-corrected chi connectivity index (χ2v) is 6.86. The SMILES string of the molecule is N#Cc1cnc2c(NCc3ccc(S(N)(=O)=O)cc3)cc(Cl)nn12. The van der Waals surface area contributed by atoms with Crippen LogP contribution in [0.2, 0.25) is 5.15 Å². The van der Waals surface area contributed by atoms with Crippen LogP contribution in [0.5, 0.6) is 0 Å². The molecule has 8 nitrogen and oxygen atoms in total. The van der Waals surface area contributed by atoms with Crippen molar-refractivity contribution in [2.75, 3.05) is 5.32 Å². The number of rotatable bonds is 4. The minimum Gasteiger partial charge on any atom is -0.378 e. The maximum absolute atomic E-state index is 11.2. The molecule has 122 valence electrons. The molecular formula is C14H11ClN6O2S. The fourth-order valence-corrected chi connectivity index (χ4v) is 2.84. The van der Waals surface area contributed by atoms with Gasteiger partial charge in [-0.25, -0.2) is 18.5 Å². The van der Waals surface area contributed by atoms with E-state index in [2.05, 4.69) is 15.4 Å². The zero-order valence-corrected chi connectivity index (χ0v) is 13.7. The summed E-state index contributed by atoms with van der Waals surface area (Å²) in [6.45, 7) is 0.398. The van der Waals surface area contributed by atoms with Crippen molar-refractivity contribution >= 4 is 33.0 Å². The first-order valence-electron chi connectivity index (χ1n) is 6.68. The van der Waals surface area contributed by atoms with Crippen LogP contribution >= 0.6 is 11.6 Å². The minimum atomic E-state index is -3.71. The lowest BCUT2D eigenvalue weighted by Crippen LogP contribution is -2.12. The van der Waals surface area contributed by atoms with Crippen molar-refractivity contribution in [3.8, 4) is 6.07 Å². The molecule has 0 aliphatic heterocycles. The number of sulfonamides is 1. The summed E-state index contributed by atoms with van der Waals surface area (Å²) in [5.74, 6) is 0. The number of benzene rings is 1. The molecule has 0 aliphatic rings. The molecule has 2 heterocycles. The molecule has 0 saturated heterocycles. The van der Waals surface area contributed by atoms with Crippen molar-refractivity contribution < 1.29 is 8.42 Å². The second kappa shape index (κ2) is 6.09. The molecule has 0 radical (unpaired) electrons. The highest BCUT2D eigenvalue weighted by Crippen LogP contribution is 2.21. The Bertz CT molecular complexity index is 1050. The largest absolute Gasteiger partial charge is 0.378 e. The van der Waals surface area contributed by atoms with Crippen LogP contribution in [0.15, 0.2) is 41.4 Å². The van der Waals surface area contributed by atoms with Gasteiger partial charge in [-0.15, -0.1) is 0 Å². The highest BCUT2D eigenvalue weighted by molar-refractivity contribution is 7.89. The smallest absolute Gasteiger partial charge is 0.238 e. The highest BCUT2D eigenvalue weighted by atomic mass is 35.5. The summed E-state index contributed by atoms with van der Waals surface area (Å²) in [6.07, 6.45) is 1.41. The maximum Gasteiger partial charge on any atom is 0.238 e. The molecule has 0 atom stereocenters. The van der Waals surface area contributed by atoms with Gasteiger partial charge < -0.3 is 5.32 Å². The molecule has 0 unspecified atom stereocenters. The molecule has 3 N–H and O–H groups in total. The molecule has 2 aromatic heterocycles. The molecule has 3 rings (SSSR count). The molecule has 24 heavy (non-hydrogen) atoms. The lowest BCUT2D eigenvalue weighted by Gasteiger charge is -2.09. The van der Waals surface area contributed by atoms with Crippen LogP contribution in [0.25, 0.3) is 5.65 Å². The molecule has 0 amide bonds. The third-order valence-corrected chi connectivity index (χ3v) is 4.40. The molecule has 1 aromatic carbocycles. The first-order chi connectivity index (χ1) is 11.4. The molecule has 0 fully saturated rings. The predicted molar refractivity (Wildman–Crippen MR) is 87.9 cm³/mol. The molecule has 0 saturated carbocycles. The fourth-order valence-electron chi connectivity index (χ4n) is 2.14. The number of imidazole rings is 1. The third-order valence-electron chi connectivity index (χ3n) is 3.29. The van der Waals surface area contributed by atoms with Crippen molar-refractivity contribution in [2.24, 2.45) is 5.14 Å². The summed E-state index contributed by atoms with van der Waals surface area (Å²) in [6, 6.07) is 9.76. The zero-order chi connectivity index (χ0) is 17.3. The lowest BCUT2D eigenvalue weighted by molar-refractivity contribution is 0.598. The Labute approximate surface area is 142 Å². The maximum atomic E-state index is 11.2. The summed E-state index contributed by atoms with van der Waals surface area (Å²) in [4.78, 5) is 4.20. The average Bonchev–Trinajstić information content (AvgIpc) is 2.95. The number of hydrogen-bond acceptors (Lipinski definition) is 6. The topological polar surface area (TPSA) is 126 Å². The van der Waals surface area contributed by atoms with Gasteiger partial charge in [0.2, 0.25) is 10.0 Å². The number of nitriles is 1. The van der Waals surface area contributed by atoms with Gasteiger partial charge in [-0.1, -0.05) is 23.7 Å². The number of fused-ring (bicyclic) bond motifs is 1. The second-order valence-electron chi connectivity index (χ2n) is 4.91. The van der Waals surface area contributed by atoms with E-state index >= 15 is 0 Å². The van der Waals surface area contributed by atoms with Crippen LogP contribution in [-0.2, 0) is 16.6 Å². The van der Waals surface area contributed by atoms with Gasteiger partial charge in [0.05, 0.1) is 16.8 Å². The number of nitrogens with two attached hydrogens (primary N) is 1. The van der Waals surface area contributed by atoms with Crippen LogP contribution in [0.3, 0.4) is 0 Å². The number of nitrogens with zero attached hydrogens (tertiary/aromatic N) is 4. The fraction of sp³-hybridized carbons (Fsp3) is 0.0714. The Morgan fingerprint density at radius 2 is 2.04 bits per heavy atom. The van der Waals surface area contributed by atoms with Gasteiger partial charge >= 0.3 is 0 Å². The number of nitrogens with one attached hydrogen (secondary N) is 1. The van der Waals surface area contributed by atoms with Crippen molar-refractivity contribution in [3.63, 3.8) is 0 Å². The monoisotopic (exact) mass is 362 g/mol. The van der Waals surface area contributed by atoms with E-state index in [1.807, 2.05) is 6.07 Å². The Hall–Kier alpha value is -2.67. The van der Waals surface area contributed by atoms with Crippen LogP contribution in [0.1, 0.15) is 11.3 Å². The standard InChI is InChI=1S/C14H11ClN6O2S/c15-13-5-12(14-19-8-10(6-16)21(14)20-13)18-7-9-1-3-11(4-2-9)24(17,22)23/h1-5,8,18H,7H2,(H2,17,22,23). The minimum absolute atomic E-state index is 0.0486. The molecule has 3 aromatic rings. The van der Waals surface area contributed by atoms with Crippen molar-refractivity contribution in [2.45, 2.75) is 11.4 Å². The molecule has 0 aliphatic carbocycles. The number of primary sulfonamides is 1. The van der Waals surface area contributed by atoms with Crippen LogP contribution in [-0.4, -0.2) is 23.0 Å². The molecule has 10 heteroatoms. The predicted octanol–water partition coefficient (Wildman–Crippen LogP) is 1.51. The van der Waals surface area contributed by atoms with Crippen molar-refractivity contribution in [1.29, 1.82) is 5.26 Å². The lowest BCUT2D eigenvalue weighted by atomic mass is 10.2. The van der Waals surface area contributed by atoms with Gasteiger partial charge in [0.1, 0.15) is 6.07 Å². The Kier molecular flexibility index (Phi) is 4.11. The number of anilines is 1. The van der Waals surface area contributed by atoms with E-state index in [-0.39, 0.29) is 15.7 Å². The van der Waals surface area contributed by atoms with E-state index in [1.165, 1.54) is 22.8 Å². The average molecular weight is 363 g/mol. The third kappa shape index (κ3) is 3.16. The van der Waals surface area contributed by atoms with Gasteiger partial charge in [0.15, 0.2) is 16.5 Å². The van der Waals surface area contributed by atoms with Crippen molar-refractivity contribution in [1.82, 2.24) is 14.6 Å². The van der Waals surface area contributed by atoms with E-state index in [9.17, 15) is 8.42 Å². The first-order valence-corrected chi connectivity index (χ1v) is 8.61. The van der Waals surface area contributed by atoms with Gasteiger partial charge in [-0.2, -0.15) is 14.9 Å². The molecule has 0 bridgehead atoms. The van der Waals surface area contributed by atoms with Gasteiger partial charge in [0.25, 0.3) is 0 Å². The van der Waals surface area contributed by atoms with E-state index < -0.39 is 10.0 Å². The van der Waals surface area contributed by atoms with Crippen molar-refractivity contribution in [3.05, 3.63) is 52.9 Å². The number of halogens is 1. The van der Waals surface area contributed by atoms with E-state index in [4.69, 9.17) is 22.0 Å². The summed E-state index contributed by atoms with van der Waals surface area (Å²) < 4.78 is 23.8. The first kappa shape index (κ1) is 16.2. The Morgan fingerprint density at radius 1 is 1.33 bits per heavy atom. The van der Waals surface area contributed by atoms with E-state index in [1.54, 1.807) is 18.2 Å². The highest BCUT2D eigenvalue weighted by Gasteiger charge is 2.11. The summed E-state index contributed by atoms with van der Waals surface area (Å²) >= 11 is 5.97. The summed E-state index contributed by atoms with van der Waals surface area (Å²) in [5.41, 5.74) is 2.18. The van der Waals surface area contributed by atoms with Crippen LogP contribution in [0.4, 0.5) is 5.69 Å². The Balaban J connectivity index is 1.86. The summed E-state index contributed by atoms with van der Waals surface area (Å²) in [7, 11) is -3.71. The molecule has 0 spiro atoms.